The average molecular weight is 370 g/mol. The molecule has 0 spiro atoms. The number of aromatic amines is 1. The summed E-state index contributed by atoms with van der Waals surface area (Å²) in [4.78, 5) is 31.1. The van der Waals surface area contributed by atoms with E-state index in [0.717, 1.165) is 0 Å². The van der Waals surface area contributed by atoms with Gasteiger partial charge in [-0.25, -0.2) is 9.78 Å². The lowest BCUT2D eigenvalue weighted by Crippen LogP contribution is -2.41. The highest BCUT2D eigenvalue weighted by Crippen LogP contribution is 2.36. The van der Waals surface area contributed by atoms with Crippen LogP contribution in [-0.4, -0.2) is 29.5 Å². The van der Waals surface area contributed by atoms with Gasteiger partial charge in [0.1, 0.15) is 5.15 Å². The van der Waals surface area contributed by atoms with Crippen molar-refractivity contribution in [1.82, 2.24) is 14.5 Å². The van der Waals surface area contributed by atoms with Gasteiger partial charge in [-0.05, 0) is 30.6 Å². The van der Waals surface area contributed by atoms with E-state index in [4.69, 9.17) is 16.0 Å². The minimum atomic E-state index is -1.82. The monoisotopic (exact) mass is 369 g/mol. The fourth-order valence-corrected chi connectivity index (χ4v) is 3.34. The van der Waals surface area contributed by atoms with Crippen molar-refractivity contribution in [1.29, 1.82) is 0 Å². The molecule has 0 aliphatic carbocycles. The molecule has 1 N–H and O–H groups in total. The quantitative estimate of drug-likeness (QED) is 0.499. The number of nitrogens with zero attached hydrogens (tertiary/aromatic N) is 2. The Kier molecular flexibility index (Phi) is 5.36. The Morgan fingerprint density at radius 1 is 1.33 bits per heavy atom. The molecule has 6 nitrogen and oxygen atoms in total. The Labute approximate surface area is 147 Å². The predicted molar refractivity (Wildman–Crippen MR) is 99.4 cm³/mol. The van der Waals surface area contributed by atoms with E-state index in [1.54, 1.807) is 0 Å². The van der Waals surface area contributed by atoms with Gasteiger partial charge in [0.05, 0.1) is 17.1 Å². The molecule has 24 heavy (non-hydrogen) atoms. The van der Waals surface area contributed by atoms with Crippen LogP contribution in [0.1, 0.15) is 27.2 Å². The molecule has 0 saturated carbocycles. The summed E-state index contributed by atoms with van der Waals surface area (Å²) in [5.74, 6) is 0. The number of aromatic nitrogens is 3. The van der Waals surface area contributed by atoms with Crippen molar-refractivity contribution in [3.05, 3.63) is 38.3 Å². The average Bonchev–Trinajstić information content (AvgIpc) is 2.46. The van der Waals surface area contributed by atoms with Gasteiger partial charge in [-0.2, -0.15) is 0 Å². The van der Waals surface area contributed by atoms with Gasteiger partial charge in [0, 0.05) is 13.2 Å². The van der Waals surface area contributed by atoms with Crippen molar-refractivity contribution >= 4 is 30.8 Å². The van der Waals surface area contributed by atoms with Gasteiger partial charge in [-0.3, -0.25) is 9.36 Å². The molecular formula is C16H24ClN3O3Si. The van der Waals surface area contributed by atoms with Crippen molar-refractivity contribution in [2.24, 2.45) is 0 Å². The van der Waals surface area contributed by atoms with Gasteiger partial charge < -0.3 is 9.41 Å². The number of hydrogen-bond donors (Lipinski definition) is 1. The Balaban J connectivity index is 2.14. The summed E-state index contributed by atoms with van der Waals surface area (Å²) >= 11 is 5.84. The molecule has 0 radical (unpaired) electrons. The standard InChI is InChI=1S/C16H24ClN3O3Si/c1-16(2,3)24(4,5)23-8-6-7-20-14(21)11-9-13(17)18-10-12(11)19-15(20)22/h9-10H,6-8H2,1-5H3,(H,19,22). The summed E-state index contributed by atoms with van der Waals surface area (Å²) in [5, 5.41) is 0.716. The van der Waals surface area contributed by atoms with E-state index in [9.17, 15) is 9.59 Å². The number of pyridine rings is 1. The molecular weight excluding hydrogens is 346 g/mol. The third kappa shape index (κ3) is 3.96. The highest BCUT2D eigenvalue weighted by Gasteiger charge is 2.36. The Morgan fingerprint density at radius 2 is 2.00 bits per heavy atom. The number of fused-ring (bicyclic) bond motifs is 1. The summed E-state index contributed by atoms with van der Waals surface area (Å²) in [6.07, 6.45) is 1.99. The Hall–Kier alpha value is -1.44. The summed E-state index contributed by atoms with van der Waals surface area (Å²) in [7, 11) is -1.82. The molecule has 0 aliphatic heterocycles. The first kappa shape index (κ1) is 18.9. The molecule has 2 heterocycles. The van der Waals surface area contributed by atoms with E-state index < -0.39 is 14.0 Å². The van der Waals surface area contributed by atoms with Crippen LogP contribution in [0.25, 0.3) is 10.9 Å². The maximum absolute atomic E-state index is 12.5. The number of rotatable bonds is 5. The van der Waals surface area contributed by atoms with Crippen molar-refractivity contribution < 1.29 is 4.43 Å². The maximum atomic E-state index is 12.5. The van der Waals surface area contributed by atoms with E-state index in [0.29, 0.717) is 30.5 Å². The first-order chi connectivity index (χ1) is 11.0. The van der Waals surface area contributed by atoms with Crippen LogP contribution < -0.4 is 11.2 Å². The zero-order chi connectivity index (χ0) is 18.1. The smallest absolute Gasteiger partial charge is 0.328 e. The summed E-state index contributed by atoms with van der Waals surface area (Å²) in [6.45, 7) is 11.7. The highest BCUT2D eigenvalue weighted by molar-refractivity contribution is 6.74. The van der Waals surface area contributed by atoms with Gasteiger partial charge in [0.15, 0.2) is 8.32 Å². The van der Waals surface area contributed by atoms with Crippen LogP contribution in [0.5, 0.6) is 0 Å². The Bertz CT molecular complexity index is 852. The van der Waals surface area contributed by atoms with Gasteiger partial charge >= 0.3 is 5.69 Å². The van der Waals surface area contributed by atoms with Gasteiger partial charge in [0.2, 0.25) is 0 Å². The van der Waals surface area contributed by atoms with Crippen LogP contribution in [-0.2, 0) is 11.0 Å². The van der Waals surface area contributed by atoms with Crippen molar-refractivity contribution in [2.75, 3.05) is 6.61 Å². The van der Waals surface area contributed by atoms with Crippen molar-refractivity contribution in [3.63, 3.8) is 0 Å². The molecule has 0 fully saturated rings. The van der Waals surface area contributed by atoms with Crippen LogP contribution in [0, 0.1) is 0 Å². The van der Waals surface area contributed by atoms with E-state index >= 15 is 0 Å². The molecule has 2 aromatic heterocycles. The lowest BCUT2D eigenvalue weighted by molar-refractivity contribution is 0.273. The maximum Gasteiger partial charge on any atom is 0.328 e. The van der Waals surface area contributed by atoms with Crippen LogP contribution in [0.2, 0.25) is 23.3 Å². The molecule has 0 aliphatic rings. The second kappa shape index (κ2) is 6.82. The van der Waals surface area contributed by atoms with Crippen molar-refractivity contribution in [2.45, 2.75) is 51.9 Å². The normalized spacial score (nSPS) is 12.8. The number of nitrogens with one attached hydrogen (secondary N) is 1. The third-order valence-corrected chi connectivity index (χ3v) is 9.37. The van der Waals surface area contributed by atoms with E-state index in [1.165, 1.54) is 16.8 Å². The number of H-pyrrole nitrogens is 1. The predicted octanol–water partition coefficient (Wildman–Crippen LogP) is 3.15. The first-order valence-electron chi connectivity index (χ1n) is 7.95. The van der Waals surface area contributed by atoms with Crippen LogP contribution in [0.15, 0.2) is 21.9 Å². The topological polar surface area (TPSA) is 77.0 Å². The molecule has 132 valence electrons. The molecule has 2 rings (SSSR count). The lowest BCUT2D eigenvalue weighted by Gasteiger charge is -2.36. The molecule has 0 bridgehead atoms. The second-order valence-electron chi connectivity index (χ2n) is 7.40. The molecule has 0 saturated heterocycles. The minimum Gasteiger partial charge on any atom is -0.417 e. The summed E-state index contributed by atoms with van der Waals surface area (Å²) in [5.41, 5.74) is -0.405. The molecule has 2 aromatic rings. The SMILES string of the molecule is CC(C)(C)[Si](C)(C)OCCCn1c(=O)[nH]c2cnc(Cl)cc2c1=O. The molecule has 8 heteroatoms. The highest BCUT2D eigenvalue weighted by atomic mass is 35.5. The van der Waals surface area contributed by atoms with Gasteiger partial charge in [-0.15, -0.1) is 0 Å². The van der Waals surface area contributed by atoms with Crippen LogP contribution >= 0.6 is 11.6 Å². The van der Waals surface area contributed by atoms with Crippen LogP contribution in [0.3, 0.4) is 0 Å². The first-order valence-corrected chi connectivity index (χ1v) is 11.2. The molecule has 0 aromatic carbocycles. The second-order valence-corrected chi connectivity index (χ2v) is 12.6. The van der Waals surface area contributed by atoms with E-state index in [-0.39, 0.29) is 15.8 Å². The van der Waals surface area contributed by atoms with Crippen molar-refractivity contribution in [3.8, 4) is 0 Å². The minimum absolute atomic E-state index is 0.133. The largest absolute Gasteiger partial charge is 0.417 e. The fraction of sp³-hybridized carbons (Fsp3) is 0.562. The van der Waals surface area contributed by atoms with Gasteiger partial charge in [-0.1, -0.05) is 32.4 Å². The third-order valence-electron chi connectivity index (χ3n) is 4.63. The number of hydrogen-bond acceptors (Lipinski definition) is 4. The summed E-state index contributed by atoms with van der Waals surface area (Å²) < 4.78 is 7.27. The van der Waals surface area contributed by atoms with Crippen LogP contribution in [0.4, 0.5) is 0 Å². The summed E-state index contributed by atoms with van der Waals surface area (Å²) in [6, 6.07) is 1.47. The van der Waals surface area contributed by atoms with Gasteiger partial charge in [0.25, 0.3) is 5.56 Å². The van der Waals surface area contributed by atoms with E-state index in [1.807, 2.05) is 0 Å². The fourth-order valence-electron chi connectivity index (χ4n) is 2.10. The number of halogens is 1. The van der Waals surface area contributed by atoms with E-state index in [2.05, 4.69) is 43.8 Å². The molecule has 0 unspecified atom stereocenters. The Morgan fingerprint density at radius 3 is 2.62 bits per heavy atom. The molecule has 0 atom stereocenters. The molecule has 0 amide bonds. The zero-order valence-electron chi connectivity index (χ0n) is 14.8. The lowest BCUT2D eigenvalue weighted by atomic mass is 10.2. The zero-order valence-corrected chi connectivity index (χ0v) is 16.5.